The lowest BCUT2D eigenvalue weighted by molar-refractivity contribution is -0.133. The fourth-order valence-electron chi connectivity index (χ4n) is 3.41. The second kappa shape index (κ2) is 10.4. The molecule has 1 aliphatic rings. The number of nitrogens with one attached hydrogen (secondary N) is 1. The number of aryl methyl sites for hydroxylation is 2. The Bertz CT molecular complexity index is 1110. The lowest BCUT2D eigenvalue weighted by atomic mass is 10.1. The number of carbonyl (C=O) groups excluding carboxylic acids is 3. The van der Waals surface area contributed by atoms with Crippen LogP contribution in [0.25, 0.3) is 6.08 Å². The Balaban J connectivity index is 1.72. The Kier molecular flexibility index (Phi) is 7.60. The molecule has 0 unspecified atom stereocenters. The van der Waals surface area contributed by atoms with Crippen LogP contribution >= 0.6 is 12.2 Å². The molecule has 0 aromatic heterocycles. The Morgan fingerprint density at radius 3 is 2.27 bits per heavy atom. The van der Waals surface area contributed by atoms with Gasteiger partial charge in [0.1, 0.15) is 11.3 Å². The van der Waals surface area contributed by atoms with Gasteiger partial charge < -0.3 is 10.1 Å². The topological polar surface area (TPSA) is 79.0 Å². The zero-order valence-corrected chi connectivity index (χ0v) is 20.0. The minimum Gasteiger partial charge on any atom is -0.484 e. The average molecular weight is 466 g/mol. The van der Waals surface area contributed by atoms with E-state index < -0.39 is 11.8 Å². The van der Waals surface area contributed by atoms with Crippen molar-refractivity contribution in [3.8, 4) is 5.75 Å². The van der Waals surface area contributed by atoms with Crippen LogP contribution in [0.4, 0.5) is 5.69 Å². The van der Waals surface area contributed by atoms with Crippen molar-refractivity contribution in [1.82, 2.24) is 9.80 Å². The molecule has 0 saturated carbocycles. The third-order valence-electron chi connectivity index (χ3n) is 5.38. The third kappa shape index (κ3) is 5.46. The standard InChI is InChI=1S/C25H27N3O4S/c1-5-27-23(30)21(24(31)28(6-2)25(27)33)14-18-8-7-9-20(13-18)32-15-22(29)26-19-11-10-16(3)17(4)12-19/h7-14H,5-6,15H2,1-4H3,(H,26,29). The number of thiocarbonyl (C=S) groups is 1. The van der Waals surface area contributed by atoms with Crippen LogP contribution in [0.5, 0.6) is 5.75 Å². The van der Waals surface area contributed by atoms with Crippen LogP contribution in [0.1, 0.15) is 30.5 Å². The smallest absolute Gasteiger partial charge is 0.265 e. The molecule has 0 atom stereocenters. The van der Waals surface area contributed by atoms with E-state index in [1.54, 1.807) is 24.3 Å². The summed E-state index contributed by atoms with van der Waals surface area (Å²) in [7, 11) is 0. The highest BCUT2D eigenvalue weighted by Gasteiger charge is 2.37. The van der Waals surface area contributed by atoms with Crippen molar-refractivity contribution in [3.63, 3.8) is 0 Å². The molecule has 7 nitrogen and oxygen atoms in total. The molecular formula is C25H27N3O4S. The van der Waals surface area contributed by atoms with Crippen LogP contribution in [0.15, 0.2) is 48.0 Å². The van der Waals surface area contributed by atoms with E-state index in [1.807, 2.05) is 45.9 Å². The summed E-state index contributed by atoms with van der Waals surface area (Å²) in [5.74, 6) is -0.677. The zero-order chi connectivity index (χ0) is 24.1. The van der Waals surface area contributed by atoms with E-state index in [0.717, 1.165) is 11.1 Å². The molecule has 3 rings (SSSR count). The van der Waals surface area contributed by atoms with Crippen molar-refractivity contribution in [2.24, 2.45) is 0 Å². The van der Waals surface area contributed by atoms with Crippen molar-refractivity contribution in [3.05, 3.63) is 64.7 Å². The first-order chi connectivity index (χ1) is 15.7. The van der Waals surface area contributed by atoms with Gasteiger partial charge in [-0.1, -0.05) is 18.2 Å². The monoisotopic (exact) mass is 465 g/mol. The molecule has 33 heavy (non-hydrogen) atoms. The van der Waals surface area contributed by atoms with Crippen LogP contribution in [-0.2, 0) is 14.4 Å². The summed E-state index contributed by atoms with van der Waals surface area (Å²) in [5, 5.41) is 3.03. The highest BCUT2D eigenvalue weighted by atomic mass is 32.1. The molecule has 172 valence electrons. The van der Waals surface area contributed by atoms with Crippen molar-refractivity contribution < 1.29 is 19.1 Å². The van der Waals surface area contributed by atoms with Crippen molar-refractivity contribution in [1.29, 1.82) is 0 Å². The summed E-state index contributed by atoms with van der Waals surface area (Å²) in [6.07, 6.45) is 1.53. The molecule has 0 spiro atoms. The second-order valence-electron chi connectivity index (χ2n) is 7.65. The number of hydrogen-bond donors (Lipinski definition) is 1. The summed E-state index contributed by atoms with van der Waals surface area (Å²) in [6, 6.07) is 12.6. The zero-order valence-electron chi connectivity index (χ0n) is 19.2. The van der Waals surface area contributed by atoms with E-state index in [9.17, 15) is 14.4 Å². The molecule has 1 N–H and O–H groups in total. The largest absolute Gasteiger partial charge is 0.484 e. The van der Waals surface area contributed by atoms with Crippen LogP contribution in [0, 0.1) is 13.8 Å². The Hall–Kier alpha value is -3.52. The van der Waals surface area contributed by atoms with Gasteiger partial charge in [-0.2, -0.15) is 0 Å². The van der Waals surface area contributed by atoms with Crippen LogP contribution < -0.4 is 10.1 Å². The minimum atomic E-state index is -0.420. The predicted molar refractivity (Wildman–Crippen MR) is 132 cm³/mol. The SMILES string of the molecule is CCN1C(=O)C(=Cc2cccc(OCC(=O)Nc3ccc(C)c(C)c3)c2)C(=O)N(CC)C1=S. The fourth-order valence-corrected chi connectivity index (χ4v) is 3.83. The summed E-state index contributed by atoms with van der Waals surface area (Å²) in [6.45, 7) is 8.18. The number of likely N-dealkylation sites (N-methyl/N-ethyl adjacent to an activating group) is 2. The van der Waals surface area contributed by atoms with E-state index in [2.05, 4.69) is 5.32 Å². The molecular weight excluding hydrogens is 438 g/mol. The van der Waals surface area contributed by atoms with Gasteiger partial charge in [-0.25, -0.2) is 0 Å². The number of anilines is 1. The summed E-state index contributed by atoms with van der Waals surface area (Å²) >= 11 is 5.28. The summed E-state index contributed by atoms with van der Waals surface area (Å²) in [5.41, 5.74) is 3.59. The van der Waals surface area contributed by atoms with Gasteiger partial charge in [0.2, 0.25) is 0 Å². The fraction of sp³-hybridized carbons (Fsp3) is 0.280. The van der Waals surface area contributed by atoms with E-state index in [-0.39, 0.29) is 23.2 Å². The number of carbonyl (C=O) groups is 3. The van der Waals surface area contributed by atoms with Gasteiger partial charge in [-0.05, 0) is 86.9 Å². The number of amides is 3. The molecule has 8 heteroatoms. The van der Waals surface area contributed by atoms with E-state index >= 15 is 0 Å². The van der Waals surface area contributed by atoms with Gasteiger partial charge in [0.05, 0.1) is 0 Å². The maximum Gasteiger partial charge on any atom is 0.265 e. The van der Waals surface area contributed by atoms with Crippen molar-refractivity contribution in [2.45, 2.75) is 27.7 Å². The van der Waals surface area contributed by atoms with Crippen molar-refractivity contribution >= 4 is 46.8 Å². The maximum atomic E-state index is 12.8. The molecule has 1 fully saturated rings. The molecule has 0 radical (unpaired) electrons. The van der Waals surface area contributed by atoms with Crippen LogP contribution in [-0.4, -0.2) is 52.3 Å². The van der Waals surface area contributed by atoms with Gasteiger partial charge in [-0.3, -0.25) is 24.2 Å². The van der Waals surface area contributed by atoms with E-state index in [1.165, 1.54) is 15.9 Å². The first-order valence-electron chi connectivity index (χ1n) is 10.7. The number of nitrogens with zero attached hydrogens (tertiary/aromatic N) is 2. The number of benzene rings is 2. The summed E-state index contributed by atoms with van der Waals surface area (Å²) in [4.78, 5) is 40.7. The highest BCUT2D eigenvalue weighted by molar-refractivity contribution is 7.80. The van der Waals surface area contributed by atoms with Gasteiger partial charge in [0.15, 0.2) is 11.7 Å². The first kappa shape index (κ1) is 24.1. The number of ether oxygens (including phenoxy) is 1. The molecule has 3 amide bonds. The summed E-state index contributed by atoms with van der Waals surface area (Å²) < 4.78 is 5.63. The highest BCUT2D eigenvalue weighted by Crippen LogP contribution is 2.22. The quantitative estimate of drug-likeness (QED) is 0.383. The Labute approximate surface area is 199 Å². The van der Waals surface area contributed by atoms with Gasteiger partial charge >= 0.3 is 0 Å². The Morgan fingerprint density at radius 1 is 1.00 bits per heavy atom. The van der Waals surface area contributed by atoms with E-state index in [4.69, 9.17) is 17.0 Å². The molecule has 1 heterocycles. The molecule has 1 aliphatic heterocycles. The van der Waals surface area contributed by atoms with E-state index in [0.29, 0.717) is 30.1 Å². The molecule has 2 aromatic carbocycles. The predicted octanol–water partition coefficient (Wildman–Crippen LogP) is 3.70. The van der Waals surface area contributed by atoms with Crippen LogP contribution in [0.2, 0.25) is 0 Å². The maximum absolute atomic E-state index is 12.8. The minimum absolute atomic E-state index is 0.0388. The van der Waals surface area contributed by atoms with Gasteiger partial charge in [0.25, 0.3) is 17.7 Å². The average Bonchev–Trinajstić information content (AvgIpc) is 2.79. The normalized spacial score (nSPS) is 13.9. The Morgan fingerprint density at radius 2 is 1.67 bits per heavy atom. The van der Waals surface area contributed by atoms with Crippen LogP contribution in [0.3, 0.4) is 0 Å². The van der Waals surface area contributed by atoms with Crippen molar-refractivity contribution in [2.75, 3.05) is 25.0 Å². The van der Waals surface area contributed by atoms with Gasteiger partial charge in [-0.15, -0.1) is 0 Å². The second-order valence-corrected chi connectivity index (χ2v) is 8.01. The lowest BCUT2D eigenvalue weighted by Gasteiger charge is -2.35. The lowest BCUT2D eigenvalue weighted by Crippen LogP contribution is -2.55. The van der Waals surface area contributed by atoms with Gasteiger partial charge in [0, 0.05) is 18.8 Å². The number of rotatable bonds is 7. The molecule has 0 bridgehead atoms. The third-order valence-corrected chi connectivity index (χ3v) is 5.82. The molecule has 1 saturated heterocycles. The molecule has 2 aromatic rings. The number of hydrogen-bond acceptors (Lipinski definition) is 5. The molecule has 0 aliphatic carbocycles. The first-order valence-corrected chi connectivity index (χ1v) is 11.1.